The summed E-state index contributed by atoms with van der Waals surface area (Å²) in [6.07, 6.45) is 0. The quantitative estimate of drug-likeness (QED) is 0.405. The largest absolute Gasteiger partial charge is 0.370 e. The molecule has 0 unspecified atom stereocenters. The van der Waals surface area contributed by atoms with Gasteiger partial charge in [0.15, 0.2) is 5.96 Å². The molecule has 0 atom stereocenters. The van der Waals surface area contributed by atoms with Crippen molar-refractivity contribution in [3.63, 3.8) is 0 Å². The lowest BCUT2D eigenvalue weighted by Crippen LogP contribution is -2.37. The molecule has 3 N–H and O–H groups in total. The van der Waals surface area contributed by atoms with E-state index >= 15 is 0 Å². The van der Waals surface area contributed by atoms with Crippen LogP contribution in [-0.4, -0.2) is 36.4 Å². The molecule has 0 aliphatic rings. The second-order valence-electron chi connectivity index (χ2n) is 5.37. The van der Waals surface area contributed by atoms with E-state index in [-0.39, 0.29) is 36.4 Å². The number of carbonyl (C=O) groups is 1. The summed E-state index contributed by atoms with van der Waals surface area (Å²) in [7, 11) is 0. The number of likely N-dealkylation sites (N-methyl/N-ethyl adjacent to an activating group) is 1. The van der Waals surface area contributed by atoms with Gasteiger partial charge in [0.05, 0.1) is 0 Å². The highest BCUT2D eigenvalue weighted by Crippen LogP contribution is 2.04. The van der Waals surface area contributed by atoms with E-state index in [4.69, 9.17) is 5.73 Å². The Balaban J connectivity index is 0.00000441. The van der Waals surface area contributed by atoms with E-state index in [0.29, 0.717) is 25.0 Å². The van der Waals surface area contributed by atoms with Crippen LogP contribution in [-0.2, 0) is 11.3 Å². The van der Waals surface area contributed by atoms with E-state index in [9.17, 15) is 4.79 Å². The predicted molar refractivity (Wildman–Crippen MR) is 102 cm³/mol. The van der Waals surface area contributed by atoms with Crippen LogP contribution in [0.15, 0.2) is 35.3 Å². The van der Waals surface area contributed by atoms with Crippen LogP contribution in [0.3, 0.4) is 0 Å². The number of halogens is 1. The molecule has 1 aromatic carbocycles. The zero-order valence-electron chi connectivity index (χ0n) is 13.6. The van der Waals surface area contributed by atoms with Gasteiger partial charge in [-0.15, -0.1) is 24.0 Å². The zero-order chi connectivity index (χ0) is 15.7. The van der Waals surface area contributed by atoms with Gasteiger partial charge in [-0.2, -0.15) is 0 Å². The number of aliphatic imine (C=N–C) groups is 1. The molecule has 0 aliphatic carbocycles. The lowest BCUT2D eigenvalue weighted by Gasteiger charge is -2.20. The molecule has 0 fully saturated rings. The van der Waals surface area contributed by atoms with Crippen LogP contribution >= 0.6 is 24.0 Å². The number of amides is 1. The van der Waals surface area contributed by atoms with E-state index in [1.165, 1.54) is 0 Å². The fourth-order valence-corrected chi connectivity index (χ4v) is 1.80. The number of carbonyl (C=O) groups excluding carboxylic acids is 1. The molecule has 22 heavy (non-hydrogen) atoms. The van der Waals surface area contributed by atoms with Crippen LogP contribution in [0.4, 0.5) is 0 Å². The minimum atomic E-state index is -0.0179. The lowest BCUT2D eigenvalue weighted by atomic mass is 10.2. The van der Waals surface area contributed by atoms with E-state index in [1.54, 1.807) is 4.90 Å². The number of hydrogen-bond acceptors (Lipinski definition) is 2. The molecule has 0 aliphatic heterocycles. The van der Waals surface area contributed by atoms with Crippen molar-refractivity contribution in [1.29, 1.82) is 0 Å². The van der Waals surface area contributed by atoms with Gasteiger partial charge in [0.25, 0.3) is 0 Å². The molecule has 0 saturated heterocycles. The molecule has 0 radical (unpaired) electrons. The second kappa shape index (κ2) is 11.3. The minimum absolute atomic E-state index is 0. The van der Waals surface area contributed by atoms with Crippen molar-refractivity contribution in [3.8, 4) is 0 Å². The number of guanidine groups is 1. The minimum Gasteiger partial charge on any atom is -0.370 e. The van der Waals surface area contributed by atoms with Gasteiger partial charge in [-0.3, -0.25) is 4.79 Å². The third kappa shape index (κ3) is 8.21. The highest BCUT2D eigenvalue weighted by Gasteiger charge is 2.11. The fraction of sp³-hybridized carbons (Fsp3) is 0.500. The van der Waals surface area contributed by atoms with Crippen LogP contribution in [0, 0.1) is 5.92 Å². The Bertz CT molecular complexity index is 462. The number of benzene rings is 1. The molecule has 0 aromatic heterocycles. The Hall–Kier alpha value is -1.31. The van der Waals surface area contributed by atoms with E-state index < -0.39 is 0 Å². The molecular formula is C16H27IN4O. The molecule has 0 saturated carbocycles. The van der Waals surface area contributed by atoms with Crippen LogP contribution in [0.5, 0.6) is 0 Å². The molecule has 6 heteroatoms. The summed E-state index contributed by atoms with van der Waals surface area (Å²) < 4.78 is 0. The summed E-state index contributed by atoms with van der Waals surface area (Å²) in [4.78, 5) is 18.0. The summed E-state index contributed by atoms with van der Waals surface area (Å²) in [6, 6.07) is 9.93. The molecule has 0 bridgehead atoms. The summed E-state index contributed by atoms with van der Waals surface area (Å²) >= 11 is 0. The van der Waals surface area contributed by atoms with Gasteiger partial charge in [-0.25, -0.2) is 4.99 Å². The Morgan fingerprint density at radius 2 is 1.95 bits per heavy atom. The third-order valence-electron chi connectivity index (χ3n) is 3.03. The number of nitrogens with two attached hydrogens (primary N) is 1. The first-order chi connectivity index (χ1) is 10.0. The number of nitrogens with one attached hydrogen (secondary N) is 1. The van der Waals surface area contributed by atoms with Crippen molar-refractivity contribution in [2.45, 2.75) is 27.3 Å². The SMILES string of the molecule is CCN(Cc1ccccc1)C(=O)CN=C(N)NCC(C)C.I. The first-order valence-electron chi connectivity index (χ1n) is 7.38. The van der Waals surface area contributed by atoms with E-state index in [0.717, 1.165) is 12.1 Å². The highest BCUT2D eigenvalue weighted by molar-refractivity contribution is 14.0. The van der Waals surface area contributed by atoms with Gasteiger partial charge in [-0.05, 0) is 18.4 Å². The lowest BCUT2D eigenvalue weighted by molar-refractivity contribution is -0.130. The van der Waals surface area contributed by atoms with Gasteiger partial charge in [0.1, 0.15) is 6.54 Å². The summed E-state index contributed by atoms with van der Waals surface area (Å²) in [6.45, 7) is 8.23. The van der Waals surface area contributed by atoms with E-state index in [2.05, 4.69) is 24.2 Å². The van der Waals surface area contributed by atoms with Crippen LogP contribution in [0.2, 0.25) is 0 Å². The van der Waals surface area contributed by atoms with Gasteiger partial charge in [0.2, 0.25) is 5.91 Å². The molecule has 1 rings (SSSR count). The topological polar surface area (TPSA) is 70.7 Å². The zero-order valence-corrected chi connectivity index (χ0v) is 15.9. The van der Waals surface area contributed by atoms with E-state index in [1.807, 2.05) is 37.3 Å². The van der Waals surface area contributed by atoms with Crippen molar-refractivity contribution in [1.82, 2.24) is 10.2 Å². The Morgan fingerprint density at radius 1 is 1.32 bits per heavy atom. The molecule has 1 aromatic rings. The molecule has 0 spiro atoms. The molecule has 1 amide bonds. The van der Waals surface area contributed by atoms with Crippen molar-refractivity contribution in [3.05, 3.63) is 35.9 Å². The molecule has 0 heterocycles. The Kier molecular flexibility index (Phi) is 10.6. The number of nitrogens with zero attached hydrogens (tertiary/aromatic N) is 2. The van der Waals surface area contributed by atoms with Crippen molar-refractivity contribution >= 4 is 35.8 Å². The Morgan fingerprint density at radius 3 is 2.50 bits per heavy atom. The van der Waals surface area contributed by atoms with Gasteiger partial charge < -0.3 is 16.0 Å². The average Bonchev–Trinajstić information content (AvgIpc) is 2.49. The van der Waals surface area contributed by atoms with Crippen LogP contribution < -0.4 is 11.1 Å². The van der Waals surface area contributed by atoms with Crippen molar-refractivity contribution < 1.29 is 4.79 Å². The van der Waals surface area contributed by atoms with Crippen molar-refractivity contribution in [2.75, 3.05) is 19.6 Å². The van der Waals surface area contributed by atoms with Gasteiger partial charge in [-0.1, -0.05) is 44.2 Å². The number of rotatable bonds is 7. The van der Waals surface area contributed by atoms with Crippen molar-refractivity contribution in [2.24, 2.45) is 16.6 Å². The average molecular weight is 418 g/mol. The molecular weight excluding hydrogens is 391 g/mol. The summed E-state index contributed by atoms with van der Waals surface area (Å²) in [5.74, 6) is 0.795. The van der Waals surface area contributed by atoms with Crippen LogP contribution in [0.25, 0.3) is 0 Å². The highest BCUT2D eigenvalue weighted by atomic mass is 127. The maximum atomic E-state index is 12.2. The maximum absolute atomic E-state index is 12.2. The molecule has 124 valence electrons. The smallest absolute Gasteiger partial charge is 0.244 e. The third-order valence-corrected chi connectivity index (χ3v) is 3.03. The second-order valence-corrected chi connectivity index (χ2v) is 5.37. The summed E-state index contributed by atoms with van der Waals surface area (Å²) in [5, 5.41) is 3.00. The standard InChI is InChI=1S/C16H26N4O.HI/c1-4-20(12-14-8-6-5-7-9-14)15(21)11-19-16(17)18-10-13(2)3;/h5-9,13H,4,10-12H2,1-3H3,(H3,17,18,19);1H. The first kappa shape index (κ1) is 20.7. The van der Waals surface area contributed by atoms with Crippen LogP contribution in [0.1, 0.15) is 26.3 Å². The first-order valence-corrected chi connectivity index (χ1v) is 7.38. The normalized spacial score (nSPS) is 11.0. The van der Waals surface area contributed by atoms with Gasteiger partial charge >= 0.3 is 0 Å². The maximum Gasteiger partial charge on any atom is 0.244 e. The monoisotopic (exact) mass is 418 g/mol. The summed E-state index contributed by atoms with van der Waals surface area (Å²) in [5.41, 5.74) is 6.85. The number of hydrogen-bond donors (Lipinski definition) is 2. The van der Waals surface area contributed by atoms with Gasteiger partial charge in [0, 0.05) is 19.6 Å². The Labute approximate surface area is 150 Å². The predicted octanol–water partition coefficient (Wildman–Crippen LogP) is 2.21. The fourth-order valence-electron chi connectivity index (χ4n) is 1.80. The molecule has 5 nitrogen and oxygen atoms in total.